The Morgan fingerprint density at radius 3 is 2.79 bits per heavy atom. The first kappa shape index (κ1) is 12.5. The van der Waals surface area contributed by atoms with E-state index in [2.05, 4.69) is 10.2 Å². The van der Waals surface area contributed by atoms with Crippen LogP contribution in [0, 0.1) is 0 Å². The van der Waals surface area contributed by atoms with E-state index in [9.17, 15) is 4.79 Å². The SMILES string of the molecule is O=C(NC1CCN(C2CC2)C1)OCc1ccccc1. The quantitative estimate of drug-likeness (QED) is 0.902. The van der Waals surface area contributed by atoms with E-state index in [0.29, 0.717) is 6.61 Å². The molecule has 3 rings (SSSR count). The van der Waals surface area contributed by atoms with Gasteiger partial charge in [0.1, 0.15) is 6.61 Å². The molecule has 1 unspecified atom stereocenters. The van der Waals surface area contributed by atoms with E-state index >= 15 is 0 Å². The summed E-state index contributed by atoms with van der Waals surface area (Å²) in [4.78, 5) is 14.2. The standard InChI is InChI=1S/C15H20N2O2/c18-15(19-11-12-4-2-1-3-5-12)16-13-8-9-17(10-13)14-6-7-14/h1-5,13-14H,6-11H2,(H,16,18). The Bertz CT molecular complexity index is 431. The highest BCUT2D eigenvalue weighted by Crippen LogP contribution is 2.29. The second kappa shape index (κ2) is 5.61. The number of carbonyl (C=O) groups excluding carboxylic acids is 1. The van der Waals surface area contributed by atoms with Crippen LogP contribution in [0.4, 0.5) is 4.79 Å². The highest BCUT2D eigenvalue weighted by Gasteiger charge is 2.34. The van der Waals surface area contributed by atoms with Gasteiger partial charge in [0.05, 0.1) is 0 Å². The Balaban J connectivity index is 1.39. The summed E-state index contributed by atoms with van der Waals surface area (Å²) >= 11 is 0. The van der Waals surface area contributed by atoms with E-state index in [1.807, 2.05) is 30.3 Å². The molecule has 2 fully saturated rings. The summed E-state index contributed by atoms with van der Waals surface area (Å²) in [5, 5.41) is 2.96. The molecule has 2 aliphatic rings. The number of ether oxygens (including phenoxy) is 1. The predicted octanol–water partition coefficient (Wildman–Crippen LogP) is 2.15. The molecule has 4 nitrogen and oxygen atoms in total. The van der Waals surface area contributed by atoms with Crippen LogP contribution >= 0.6 is 0 Å². The molecule has 0 radical (unpaired) electrons. The average molecular weight is 260 g/mol. The van der Waals surface area contributed by atoms with Gasteiger partial charge in [0, 0.05) is 25.2 Å². The molecule has 1 aliphatic heterocycles. The summed E-state index contributed by atoms with van der Waals surface area (Å²) in [6.07, 6.45) is 3.39. The molecular weight excluding hydrogens is 240 g/mol. The molecule has 1 saturated heterocycles. The molecule has 0 aromatic heterocycles. The Morgan fingerprint density at radius 1 is 1.26 bits per heavy atom. The summed E-state index contributed by atoms with van der Waals surface area (Å²) in [6, 6.07) is 10.8. The lowest BCUT2D eigenvalue weighted by molar-refractivity contribution is 0.135. The Hall–Kier alpha value is -1.55. The predicted molar refractivity (Wildman–Crippen MR) is 72.8 cm³/mol. The van der Waals surface area contributed by atoms with Gasteiger partial charge in [-0.05, 0) is 24.8 Å². The second-order valence-corrected chi connectivity index (χ2v) is 5.42. The minimum atomic E-state index is -0.300. The third kappa shape index (κ3) is 3.47. The van der Waals surface area contributed by atoms with E-state index < -0.39 is 0 Å². The van der Waals surface area contributed by atoms with E-state index in [1.165, 1.54) is 12.8 Å². The molecule has 0 spiro atoms. The first-order chi connectivity index (χ1) is 9.31. The molecule has 1 N–H and O–H groups in total. The Morgan fingerprint density at radius 2 is 2.05 bits per heavy atom. The monoisotopic (exact) mass is 260 g/mol. The van der Waals surface area contributed by atoms with Gasteiger partial charge >= 0.3 is 6.09 Å². The van der Waals surface area contributed by atoms with E-state index in [4.69, 9.17) is 4.74 Å². The van der Waals surface area contributed by atoms with Crippen LogP contribution in [0.15, 0.2) is 30.3 Å². The molecule has 1 aromatic carbocycles. The van der Waals surface area contributed by atoms with Crippen LogP contribution in [0.25, 0.3) is 0 Å². The smallest absolute Gasteiger partial charge is 0.407 e. The summed E-state index contributed by atoms with van der Waals surface area (Å²) in [6.45, 7) is 2.42. The molecule has 1 amide bonds. The number of carbonyl (C=O) groups is 1. The fraction of sp³-hybridized carbons (Fsp3) is 0.533. The Labute approximate surface area is 113 Å². The minimum absolute atomic E-state index is 0.254. The van der Waals surface area contributed by atoms with Crippen LogP contribution in [-0.4, -0.2) is 36.2 Å². The first-order valence-electron chi connectivity index (χ1n) is 7.02. The fourth-order valence-electron chi connectivity index (χ4n) is 2.61. The zero-order valence-corrected chi connectivity index (χ0v) is 11.0. The largest absolute Gasteiger partial charge is 0.445 e. The second-order valence-electron chi connectivity index (χ2n) is 5.42. The van der Waals surface area contributed by atoms with E-state index in [1.54, 1.807) is 0 Å². The van der Waals surface area contributed by atoms with Gasteiger partial charge in [-0.2, -0.15) is 0 Å². The van der Waals surface area contributed by atoms with Gasteiger partial charge in [-0.1, -0.05) is 30.3 Å². The van der Waals surface area contributed by atoms with Gasteiger partial charge in [-0.25, -0.2) is 4.79 Å². The van der Waals surface area contributed by atoms with Crippen molar-refractivity contribution in [2.75, 3.05) is 13.1 Å². The minimum Gasteiger partial charge on any atom is -0.445 e. The van der Waals surface area contributed by atoms with Crippen LogP contribution in [0.1, 0.15) is 24.8 Å². The summed E-state index contributed by atoms with van der Waals surface area (Å²) in [5.41, 5.74) is 1.02. The number of nitrogens with one attached hydrogen (secondary N) is 1. The van der Waals surface area contributed by atoms with Crippen LogP contribution < -0.4 is 5.32 Å². The molecule has 19 heavy (non-hydrogen) atoms. The van der Waals surface area contributed by atoms with Gasteiger partial charge in [0.25, 0.3) is 0 Å². The Kier molecular flexibility index (Phi) is 3.69. The number of benzene rings is 1. The lowest BCUT2D eigenvalue weighted by Gasteiger charge is -2.15. The fourth-order valence-corrected chi connectivity index (χ4v) is 2.61. The van der Waals surface area contributed by atoms with Crippen molar-refractivity contribution in [3.8, 4) is 0 Å². The lowest BCUT2D eigenvalue weighted by atomic mass is 10.2. The van der Waals surface area contributed by atoms with Crippen molar-refractivity contribution in [3.63, 3.8) is 0 Å². The average Bonchev–Trinajstić information content (AvgIpc) is 3.19. The van der Waals surface area contributed by atoms with Gasteiger partial charge in [0.15, 0.2) is 0 Å². The van der Waals surface area contributed by atoms with Crippen molar-refractivity contribution in [3.05, 3.63) is 35.9 Å². The summed E-state index contributed by atoms with van der Waals surface area (Å²) < 4.78 is 5.23. The number of hydrogen-bond donors (Lipinski definition) is 1. The van der Waals surface area contributed by atoms with Crippen molar-refractivity contribution >= 4 is 6.09 Å². The third-order valence-corrected chi connectivity index (χ3v) is 3.82. The van der Waals surface area contributed by atoms with E-state index in [0.717, 1.165) is 31.1 Å². The number of alkyl carbamates (subject to hydrolysis) is 1. The topological polar surface area (TPSA) is 41.6 Å². The van der Waals surface area contributed by atoms with Crippen molar-refractivity contribution < 1.29 is 9.53 Å². The highest BCUT2D eigenvalue weighted by molar-refractivity contribution is 5.67. The van der Waals surface area contributed by atoms with Gasteiger partial charge in [-0.15, -0.1) is 0 Å². The maximum absolute atomic E-state index is 11.7. The molecule has 0 bridgehead atoms. The third-order valence-electron chi connectivity index (χ3n) is 3.82. The van der Waals surface area contributed by atoms with Crippen LogP contribution in [0.5, 0.6) is 0 Å². The maximum atomic E-state index is 11.7. The van der Waals surface area contributed by atoms with Crippen LogP contribution in [0.3, 0.4) is 0 Å². The van der Waals surface area contributed by atoms with Crippen molar-refractivity contribution in [2.45, 2.75) is 38.0 Å². The molecular formula is C15H20N2O2. The lowest BCUT2D eigenvalue weighted by Crippen LogP contribution is -2.37. The molecule has 102 valence electrons. The van der Waals surface area contributed by atoms with Gasteiger partial charge in [-0.3, -0.25) is 4.90 Å². The van der Waals surface area contributed by atoms with Crippen molar-refractivity contribution in [2.24, 2.45) is 0 Å². The number of likely N-dealkylation sites (tertiary alicyclic amines) is 1. The van der Waals surface area contributed by atoms with Crippen LogP contribution in [-0.2, 0) is 11.3 Å². The van der Waals surface area contributed by atoms with E-state index in [-0.39, 0.29) is 12.1 Å². The zero-order valence-electron chi connectivity index (χ0n) is 11.0. The van der Waals surface area contributed by atoms with Crippen molar-refractivity contribution in [1.29, 1.82) is 0 Å². The van der Waals surface area contributed by atoms with Crippen LogP contribution in [0.2, 0.25) is 0 Å². The molecule has 4 heteroatoms. The molecule has 1 saturated carbocycles. The molecule has 1 aliphatic carbocycles. The normalized spacial score (nSPS) is 23.3. The number of rotatable bonds is 4. The first-order valence-corrected chi connectivity index (χ1v) is 7.02. The number of nitrogens with zero attached hydrogens (tertiary/aromatic N) is 1. The molecule has 1 atom stereocenters. The van der Waals surface area contributed by atoms with Gasteiger partial charge < -0.3 is 10.1 Å². The summed E-state index contributed by atoms with van der Waals surface area (Å²) in [7, 11) is 0. The maximum Gasteiger partial charge on any atom is 0.407 e. The number of amides is 1. The molecule has 1 heterocycles. The zero-order chi connectivity index (χ0) is 13.1. The molecule has 1 aromatic rings. The van der Waals surface area contributed by atoms with Crippen molar-refractivity contribution in [1.82, 2.24) is 10.2 Å². The highest BCUT2D eigenvalue weighted by atomic mass is 16.5. The van der Waals surface area contributed by atoms with Gasteiger partial charge in [0.2, 0.25) is 0 Å². The number of hydrogen-bond acceptors (Lipinski definition) is 3. The summed E-state index contributed by atoms with van der Waals surface area (Å²) in [5.74, 6) is 0.